The summed E-state index contributed by atoms with van der Waals surface area (Å²) in [4.78, 5) is 32.4. The second-order valence-electron chi connectivity index (χ2n) is 4.30. The van der Waals surface area contributed by atoms with Crippen LogP contribution in [0.4, 0.5) is 0 Å². The lowest BCUT2D eigenvalue weighted by atomic mass is 9.97. The van der Waals surface area contributed by atoms with Crippen molar-refractivity contribution in [1.29, 1.82) is 0 Å². The van der Waals surface area contributed by atoms with E-state index < -0.39 is 16.4 Å². The van der Waals surface area contributed by atoms with E-state index in [4.69, 9.17) is 4.74 Å². The summed E-state index contributed by atoms with van der Waals surface area (Å²) >= 11 is 0. The first kappa shape index (κ1) is 14.8. The highest BCUT2D eigenvalue weighted by atomic mass is 16.6. The minimum Gasteiger partial charge on any atom is -0.456 e. The predicted octanol–water partition coefficient (Wildman–Crippen LogP) is 1.74. The number of aldehydes is 1. The van der Waals surface area contributed by atoms with Gasteiger partial charge in [0, 0.05) is 24.7 Å². The molecule has 1 atom stereocenters. The molecule has 0 saturated carbocycles. The Morgan fingerprint density at radius 2 is 2.05 bits per heavy atom. The maximum absolute atomic E-state index is 11.8. The third kappa shape index (κ3) is 3.87. The molecule has 19 heavy (non-hydrogen) atoms. The molecule has 0 aromatic heterocycles. The topological polar surface area (TPSA) is 86.5 Å². The normalized spacial score (nSPS) is 13.3. The fourth-order valence-corrected chi connectivity index (χ4v) is 1.49. The molecule has 0 saturated heterocycles. The third-order valence-corrected chi connectivity index (χ3v) is 2.80. The van der Waals surface area contributed by atoms with Crippen molar-refractivity contribution in [3.63, 3.8) is 0 Å². The number of rotatable bonds is 7. The van der Waals surface area contributed by atoms with Crippen molar-refractivity contribution < 1.29 is 19.2 Å². The van der Waals surface area contributed by atoms with Crippen molar-refractivity contribution in [2.75, 3.05) is 0 Å². The molecule has 0 bridgehead atoms. The van der Waals surface area contributed by atoms with E-state index in [-0.39, 0.29) is 19.4 Å². The van der Waals surface area contributed by atoms with Gasteiger partial charge in [0.15, 0.2) is 0 Å². The Balaban J connectivity index is 2.67. The lowest BCUT2D eigenvalue weighted by Crippen LogP contribution is -2.44. The summed E-state index contributed by atoms with van der Waals surface area (Å²) in [6.45, 7) is 1.15. The number of hydrogen-bond donors (Lipinski definition) is 0. The van der Waals surface area contributed by atoms with Crippen molar-refractivity contribution in [3.05, 3.63) is 46.0 Å². The van der Waals surface area contributed by atoms with E-state index in [2.05, 4.69) is 0 Å². The molecular formula is C13H15NO5. The maximum atomic E-state index is 11.8. The smallest absolute Gasteiger partial charge is 0.384 e. The molecular weight excluding hydrogens is 250 g/mol. The molecule has 1 aromatic rings. The molecule has 0 aliphatic rings. The van der Waals surface area contributed by atoms with Gasteiger partial charge >= 0.3 is 11.5 Å². The van der Waals surface area contributed by atoms with Crippen LogP contribution in [0, 0.1) is 10.1 Å². The Bertz CT molecular complexity index is 459. The zero-order valence-electron chi connectivity index (χ0n) is 10.6. The first-order valence-corrected chi connectivity index (χ1v) is 5.80. The molecule has 0 fully saturated rings. The summed E-state index contributed by atoms with van der Waals surface area (Å²) in [6.07, 6.45) is 0.321. The Morgan fingerprint density at radius 1 is 1.42 bits per heavy atom. The van der Waals surface area contributed by atoms with Gasteiger partial charge in [-0.3, -0.25) is 10.1 Å². The average molecular weight is 265 g/mol. The number of nitrogens with zero attached hydrogens (tertiary/aromatic N) is 1. The molecule has 1 unspecified atom stereocenters. The van der Waals surface area contributed by atoms with E-state index in [1.807, 2.05) is 6.07 Å². The molecule has 0 radical (unpaired) electrons. The van der Waals surface area contributed by atoms with Crippen LogP contribution >= 0.6 is 0 Å². The van der Waals surface area contributed by atoms with Gasteiger partial charge in [0.1, 0.15) is 12.9 Å². The Labute approximate surface area is 110 Å². The SMILES string of the molecule is CC(CCC=O)(C(=O)OCc1ccccc1)[N+](=O)[O-]. The zero-order valence-corrected chi connectivity index (χ0v) is 10.6. The molecule has 0 N–H and O–H groups in total. The van der Waals surface area contributed by atoms with E-state index in [0.717, 1.165) is 5.56 Å². The van der Waals surface area contributed by atoms with Crippen LogP contribution in [0.25, 0.3) is 0 Å². The minimum absolute atomic E-state index is 0.0236. The maximum Gasteiger partial charge on any atom is 0.384 e. The van der Waals surface area contributed by atoms with Crippen LogP contribution < -0.4 is 0 Å². The summed E-state index contributed by atoms with van der Waals surface area (Å²) in [5, 5.41) is 11.0. The summed E-state index contributed by atoms with van der Waals surface area (Å²) in [6, 6.07) is 8.88. The lowest BCUT2D eigenvalue weighted by Gasteiger charge is -2.18. The monoisotopic (exact) mass is 265 g/mol. The van der Waals surface area contributed by atoms with Crippen LogP contribution in [0.5, 0.6) is 0 Å². The van der Waals surface area contributed by atoms with Gasteiger partial charge in [-0.25, -0.2) is 4.79 Å². The van der Waals surface area contributed by atoms with Crippen LogP contribution in [-0.2, 0) is 20.9 Å². The summed E-state index contributed by atoms with van der Waals surface area (Å²) in [5.74, 6) is -0.928. The fraction of sp³-hybridized carbons (Fsp3) is 0.385. The first-order chi connectivity index (χ1) is 9.00. The number of esters is 1. The van der Waals surface area contributed by atoms with Crippen LogP contribution in [0.2, 0.25) is 0 Å². The van der Waals surface area contributed by atoms with Crippen molar-refractivity contribution in [3.8, 4) is 0 Å². The van der Waals surface area contributed by atoms with Crippen molar-refractivity contribution >= 4 is 12.3 Å². The number of carbonyl (C=O) groups is 2. The molecule has 0 aliphatic heterocycles. The second kappa shape index (κ2) is 6.63. The highest BCUT2D eigenvalue weighted by molar-refractivity contribution is 5.79. The molecule has 0 spiro atoms. The number of ether oxygens (including phenoxy) is 1. The van der Waals surface area contributed by atoms with Gasteiger partial charge in [0.2, 0.25) is 0 Å². The largest absolute Gasteiger partial charge is 0.456 e. The Kier molecular flexibility index (Phi) is 5.17. The molecule has 6 heteroatoms. The minimum atomic E-state index is -1.88. The summed E-state index contributed by atoms with van der Waals surface area (Å²) in [5.41, 5.74) is -1.13. The van der Waals surface area contributed by atoms with Crippen molar-refractivity contribution in [2.45, 2.75) is 31.9 Å². The molecule has 6 nitrogen and oxygen atoms in total. The molecule has 1 aromatic carbocycles. The van der Waals surface area contributed by atoms with E-state index >= 15 is 0 Å². The quantitative estimate of drug-likeness (QED) is 0.324. The third-order valence-electron chi connectivity index (χ3n) is 2.80. The number of benzene rings is 1. The number of nitro groups is 1. The van der Waals surface area contributed by atoms with Crippen LogP contribution in [-0.4, -0.2) is 22.7 Å². The Morgan fingerprint density at radius 3 is 2.58 bits per heavy atom. The summed E-state index contributed by atoms with van der Waals surface area (Å²) in [7, 11) is 0. The van der Waals surface area contributed by atoms with E-state index in [9.17, 15) is 19.7 Å². The molecule has 0 amide bonds. The van der Waals surface area contributed by atoms with Gasteiger partial charge in [0.25, 0.3) is 0 Å². The van der Waals surface area contributed by atoms with Crippen LogP contribution in [0.3, 0.4) is 0 Å². The standard InChI is InChI=1S/C13H15NO5/c1-13(14(17)18,8-5-9-15)12(16)19-10-11-6-3-2-4-7-11/h2-4,6-7,9H,5,8,10H2,1H3. The highest BCUT2D eigenvalue weighted by Gasteiger charge is 2.47. The summed E-state index contributed by atoms with van der Waals surface area (Å²) < 4.78 is 4.96. The average Bonchev–Trinajstić information content (AvgIpc) is 2.42. The van der Waals surface area contributed by atoms with E-state index in [0.29, 0.717) is 6.29 Å². The van der Waals surface area contributed by atoms with Gasteiger partial charge in [0.05, 0.1) is 0 Å². The lowest BCUT2D eigenvalue weighted by molar-refractivity contribution is -0.551. The second-order valence-corrected chi connectivity index (χ2v) is 4.30. The highest BCUT2D eigenvalue weighted by Crippen LogP contribution is 2.19. The number of carbonyl (C=O) groups excluding carboxylic acids is 2. The van der Waals surface area contributed by atoms with Gasteiger partial charge in [-0.2, -0.15) is 0 Å². The Hall–Kier alpha value is -2.24. The fourth-order valence-electron chi connectivity index (χ4n) is 1.49. The number of hydrogen-bond acceptors (Lipinski definition) is 5. The molecule has 1 rings (SSSR count). The van der Waals surface area contributed by atoms with Crippen molar-refractivity contribution in [1.82, 2.24) is 0 Å². The zero-order chi connectivity index (χ0) is 14.3. The van der Waals surface area contributed by atoms with Gasteiger partial charge < -0.3 is 9.53 Å². The van der Waals surface area contributed by atoms with Gasteiger partial charge in [-0.15, -0.1) is 0 Å². The van der Waals surface area contributed by atoms with Crippen molar-refractivity contribution in [2.24, 2.45) is 0 Å². The van der Waals surface area contributed by atoms with E-state index in [1.54, 1.807) is 24.3 Å². The van der Waals surface area contributed by atoms with Crippen LogP contribution in [0.15, 0.2) is 30.3 Å². The molecule has 0 aliphatic carbocycles. The molecule has 102 valence electrons. The first-order valence-electron chi connectivity index (χ1n) is 5.80. The molecule has 0 heterocycles. The van der Waals surface area contributed by atoms with Gasteiger partial charge in [-0.05, 0) is 5.56 Å². The van der Waals surface area contributed by atoms with Crippen LogP contribution in [0.1, 0.15) is 25.3 Å². The van der Waals surface area contributed by atoms with Gasteiger partial charge in [-0.1, -0.05) is 30.3 Å². The van der Waals surface area contributed by atoms with E-state index in [1.165, 1.54) is 6.92 Å². The predicted molar refractivity (Wildman–Crippen MR) is 66.9 cm³/mol.